The first-order valence-corrected chi connectivity index (χ1v) is 11.3. The van der Waals surface area contributed by atoms with Gasteiger partial charge in [-0.15, -0.1) is 0 Å². The number of carbonyl (C=O) groups excluding carboxylic acids is 1. The Labute approximate surface area is 179 Å². The highest BCUT2D eigenvalue weighted by molar-refractivity contribution is 7.89. The summed E-state index contributed by atoms with van der Waals surface area (Å²) in [5.74, 6) is -0.0853. The third-order valence-corrected chi connectivity index (χ3v) is 7.01. The van der Waals surface area contributed by atoms with Gasteiger partial charge in [0.05, 0.1) is 0 Å². The van der Waals surface area contributed by atoms with Crippen LogP contribution < -0.4 is 5.32 Å². The second-order valence-corrected chi connectivity index (χ2v) is 9.53. The number of benzene rings is 1. The number of hydrogen-bond acceptors (Lipinski definition) is 5. The van der Waals surface area contributed by atoms with Crippen molar-refractivity contribution in [1.82, 2.24) is 18.8 Å². The van der Waals surface area contributed by atoms with E-state index in [0.29, 0.717) is 30.5 Å². The van der Waals surface area contributed by atoms with Gasteiger partial charge in [-0.1, -0.05) is 6.92 Å². The molecule has 1 aliphatic heterocycles. The molecule has 3 aromatic rings. The number of nitrogens with zero attached hydrogens (tertiary/aromatic N) is 4. The fourth-order valence-corrected chi connectivity index (χ4v) is 5.03. The maximum atomic E-state index is 13.0. The third kappa shape index (κ3) is 4.64. The largest absolute Gasteiger partial charge is 0.321 e. The normalized spacial score (nSPS) is 17.4. The molecule has 8 nitrogen and oxygen atoms in total. The van der Waals surface area contributed by atoms with E-state index < -0.39 is 21.7 Å². The first-order chi connectivity index (χ1) is 14.8. The van der Waals surface area contributed by atoms with Crippen LogP contribution in [0.25, 0.3) is 5.82 Å². The summed E-state index contributed by atoms with van der Waals surface area (Å²) in [6.07, 6.45) is 6.11. The van der Waals surface area contributed by atoms with E-state index in [1.165, 1.54) is 57.9 Å². The summed E-state index contributed by atoms with van der Waals surface area (Å²) in [6, 6.07) is 8.48. The molecule has 2 aromatic heterocycles. The van der Waals surface area contributed by atoms with Crippen LogP contribution in [0, 0.1) is 11.7 Å². The lowest BCUT2D eigenvalue weighted by Crippen LogP contribution is -2.39. The van der Waals surface area contributed by atoms with Crippen molar-refractivity contribution in [2.75, 3.05) is 18.4 Å². The number of anilines is 1. The van der Waals surface area contributed by atoms with E-state index in [9.17, 15) is 17.6 Å². The van der Waals surface area contributed by atoms with Gasteiger partial charge in [-0.05, 0) is 55.2 Å². The minimum atomic E-state index is -3.58. The molecule has 1 fully saturated rings. The van der Waals surface area contributed by atoms with E-state index in [4.69, 9.17) is 0 Å². The Morgan fingerprint density at radius 2 is 1.94 bits per heavy atom. The van der Waals surface area contributed by atoms with Gasteiger partial charge in [-0.25, -0.2) is 22.8 Å². The number of nitrogens with one attached hydrogen (secondary N) is 1. The molecule has 1 amide bonds. The van der Waals surface area contributed by atoms with Gasteiger partial charge >= 0.3 is 0 Å². The topological polar surface area (TPSA) is 97.2 Å². The molecule has 0 saturated carbocycles. The second-order valence-electron chi connectivity index (χ2n) is 7.59. The van der Waals surface area contributed by atoms with E-state index in [-0.39, 0.29) is 10.6 Å². The zero-order valence-electron chi connectivity index (χ0n) is 16.9. The molecule has 0 unspecified atom stereocenters. The van der Waals surface area contributed by atoms with Crippen molar-refractivity contribution in [3.63, 3.8) is 0 Å². The predicted octanol–water partition coefficient (Wildman–Crippen LogP) is 3.08. The SMILES string of the molecule is C[C@H]1CCCN(S(=O)(=O)c2ccc(-n3cnc(C(=O)Nc4ccc(F)cc4)c3)nc2)C1. The number of carbonyl (C=O) groups is 1. The Hall–Kier alpha value is -3.11. The highest BCUT2D eigenvalue weighted by Gasteiger charge is 2.28. The molecule has 1 atom stereocenters. The van der Waals surface area contributed by atoms with Crippen molar-refractivity contribution in [3.05, 3.63) is 66.6 Å². The molecule has 0 spiro atoms. The number of imidazole rings is 1. The van der Waals surface area contributed by atoms with Crippen molar-refractivity contribution < 1.29 is 17.6 Å². The van der Waals surface area contributed by atoms with Gasteiger partial charge in [-0.2, -0.15) is 4.31 Å². The van der Waals surface area contributed by atoms with Crippen LogP contribution in [0.2, 0.25) is 0 Å². The van der Waals surface area contributed by atoms with Crippen molar-refractivity contribution in [2.45, 2.75) is 24.7 Å². The Kier molecular flexibility index (Phi) is 5.84. The van der Waals surface area contributed by atoms with Crippen LogP contribution in [0.1, 0.15) is 30.3 Å². The van der Waals surface area contributed by atoms with Crippen LogP contribution in [0.4, 0.5) is 10.1 Å². The summed E-state index contributed by atoms with van der Waals surface area (Å²) >= 11 is 0. The summed E-state index contributed by atoms with van der Waals surface area (Å²) in [5.41, 5.74) is 0.589. The van der Waals surface area contributed by atoms with Crippen molar-refractivity contribution in [3.8, 4) is 5.82 Å². The number of halogens is 1. The number of rotatable bonds is 5. The van der Waals surface area contributed by atoms with Crippen LogP contribution in [-0.2, 0) is 10.0 Å². The predicted molar refractivity (Wildman–Crippen MR) is 113 cm³/mol. The highest BCUT2D eigenvalue weighted by Crippen LogP contribution is 2.23. The lowest BCUT2D eigenvalue weighted by atomic mass is 10.0. The molecule has 1 aliphatic rings. The summed E-state index contributed by atoms with van der Waals surface area (Å²) in [6.45, 7) is 3.08. The van der Waals surface area contributed by atoms with Gasteiger partial charge in [0, 0.05) is 31.2 Å². The molecular formula is C21H22FN5O3S. The number of sulfonamides is 1. The molecule has 0 bridgehead atoms. The Bertz CT molecular complexity index is 1180. The third-order valence-electron chi connectivity index (χ3n) is 5.16. The lowest BCUT2D eigenvalue weighted by Gasteiger charge is -2.29. The first-order valence-electron chi connectivity index (χ1n) is 9.90. The average Bonchev–Trinajstić information content (AvgIpc) is 3.26. The van der Waals surface area contributed by atoms with Gasteiger partial charge in [0.2, 0.25) is 10.0 Å². The van der Waals surface area contributed by atoms with Gasteiger partial charge < -0.3 is 5.32 Å². The smallest absolute Gasteiger partial charge is 0.275 e. The molecule has 162 valence electrons. The molecule has 3 heterocycles. The quantitative estimate of drug-likeness (QED) is 0.654. The second kappa shape index (κ2) is 8.56. The molecule has 1 N–H and O–H groups in total. The van der Waals surface area contributed by atoms with Crippen LogP contribution in [0.5, 0.6) is 0 Å². The van der Waals surface area contributed by atoms with Gasteiger partial charge in [0.15, 0.2) is 0 Å². The summed E-state index contributed by atoms with van der Waals surface area (Å²) in [7, 11) is -3.58. The van der Waals surface area contributed by atoms with E-state index in [1.807, 2.05) is 6.92 Å². The average molecular weight is 444 g/mol. The van der Waals surface area contributed by atoms with Crippen LogP contribution in [0.15, 0.2) is 60.0 Å². The van der Waals surface area contributed by atoms with E-state index in [0.717, 1.165) is 12.8 Å². The first kappa shape index (κ1) is 21.1. The lowest BCUT2D eigenvalue weighted by molar-refractivity contribution is 0.102. The Morgan fingerprint density at radius 1 is 1.16 bits per heavy atom. The molecule has 0 radical (unpaired) electrons. The summed E-state index contributed by atoms with van der Waals surface area (Å²) < 4.78 is 41.7. The van der Waals surface area contributed by atoms with E-state index >= 15 is 0 Å². The highest BCUT2D eigenvalue weighted by atomic mass is 32.2. The number of amides is 1. The fraction of sp³-hybridized carbons (Fsp3) is 0.286. The zero-order chi connectivity index (χ0) is 22.0. The number of aromatic nitrogens is 3. The van der Waals surface area contributed by atoms with Crippen molar-refractivity contribution >= 4 is 21.6 Å². The molecule has 4 rings (SSSR count). The van der Waals surface area contributed by atoms with Crippen LogP contribution >= 0.6 is 0 Å². The zero-order valence-corrected chi connectivity index (χ0v) is 17.7. The minimum absolute atomic E-state index is 0.139. The molecule has 10 heteroatoms. The summed E-state index contributed by atoms with van der Waals surface area (Å²) in [5, 5.41) is 2.63. The Balaban J connectivity index is 1.48. The number of pyridine rings is 1. The van der Waals surface area contributed by atoms with Gasteiger partial charge in [-0.3, -0.25) is 9.36 Å². The molecular weight excluding hydrogens is 421 g/mol. The monoisotopic (exact) mass is 443 g/mol. The molecule has 0 aliphatic carbocycles. The number of piperidine rings is 1. The standard InChI is InChI=1S/C21H22FN5O3S/c1-15-3-2-10-27(12-15)31(29,30)18-8-9-20(23-11-18)26-13-19(24-14-26)21(28)25-17-6-4-16(22)5-7-17/h4-9,11,13-15H,2-3,10,12H2,1H3,(H,25,28)/t15-/m0/s1. The molecule has 31 heavy (non-hydrogen) atoms. The van der Waals surface area contributed by atoms with Gasteiger partial charge in [0.1, 0.15) is 28.6 Å². The number of hydrogen-bond donors (Lipinski definition) is 1. The fourth-order valence-electron chi connectivity index (χ4n) is 3.49. The maximum Gasteiger partial charge on any atom is 0.275 e. The van der Waals surface area contributed by atoms with Gasteiger partial charge in [0.25, 0.3) is 5.91 Å². The van der Waals surface area contributed by atoms with Crippen molar-refractivity contribution in [1.29, 1.82) is 0 Å². The summed E-state index contributed by atoms with van der Waals surface area (Å²) in [4.78, 5) is 20.8. The Morgan fingerprint density at radius 3 is 2.61 bits per heavy atom. The van der Waals surface area contributed by atoms with Crippen LogP contribution in [-0.4, -0.2) is 46.3 Å². The minimum Gasteiger partial charge on any atom is -0.321 e. The van der Waals surface area contributed by atoms with E-state index in [1.54, 1.807) is 6.07 Å². The van der Waals surface area contributed by atoms with E-state index in [2.05, 4.69) is 15.3 Å². The maximum absolute atomic E-state index is 13.0. The molecule has 1 saturated heterocycles. The van der Waals surface area contributed by atoms with Crippen molar-refractivity contribution in [2.24, 2.45) is 5.92 Å². The molecule has 1 aromatic carbocycles. The van der Waals surface area contributed by atoms with Crippen LogP contribution in [0.3, 0.4) is 0 Å².